The van der Waals surface area contributed by atoms with Gasteiger partial charge in [0.15, 0.2) is 0 Å². The minimum Gasteiger partial charge on any atom is -0.326 e. The molecule has 0 saturated heterocycles. The van der Waals surface area contributed by atoms with Crippen LogP contribution in [-0.2, 0) is 4.79 Å². The lowest BCUT2D eigenvalue weighted by Crippen LogP contribution is -2.11. The number of aromatic nitrogens is 3. The number of anilines is 1. The highest BCUT2D eigenvalue weighted by atomic mass is 16.1. The minimum atomic E-state index is 0.0461. The van der Waals surface area contributed by atoms with Crippen molar-refractivity contribution in [2.75, 3.05) is 5.32 Å². The third kappa shape index (κ3) is 3.39. The number of nitrogens with one attached hydrogen (secondary N) is 1. The fraction of sp³-hybridized carbons (Fsp3) is 0.278. The molecule has 0 spiro atoms. The molecule has 3 aromatic rings. The maximum absolute atomic E-state index is 11.9. The summed E-state index contributed by atoms with van der Waals surface area (Å²) in [4.78, 5) is 13.6. The number of para-hydroxylation sites is 1. The Morgan fingerprint density at radius 1 is 1.13 bits per heavy atom. The molecule has 0 aliphatic rings. The van der Waals surface area contributed by atoms with Gasteiger partial charge < -0.3 is 5.32 Å². The zero-order valence-corrected chi connectivity index (χ0v) is 13.4. The maximum atomic E-state index is 11.9. The van der Waals surface area contributed by atoms with Gasteiger partial charge in [-0.2, -0.15) is 4.80 Å². The lowest BCUT2D eigenvalue weighted by atomic mass is 10.1. The molecule has 0 fully saturated rings. The first-order valence-corrected chi connectivity index (χ1v) is 7.90. The molecule has 1 heterocycles. The van der Waals surface area contributed by atoms with E-state index in [1.165, 1.54) is 0 Å². The van der Waals surface area contributed by atoms with E-state index < -0.39 is 0 Å². The molecular weight excluding hydrogens is 288 g/mol. The van der Waals surface area contributed by atoms with Crippen LogP contribution in [0, 0.1) is 6.92 Å². The van der Waals surface area contributed by atoms with Gasteiger partial charge in [-0.15, -0.1) is 10.2 Å². The number of carbonyl (C=O) groups excluding carboxylic acids is 1. The van der Waals surface area contributed by atoms with Gasteiger partial charge in [0.2, 0.25) is 5.91 Å². The van der Waals surface area contributed by atoms with Crippen LogP contribution in [-0.4, -0.2) is 20.9 Å². The average molecular weight is 308 g/mol. The molecule has 0 bridgehead atoms. The molecule has 5 heteroatoms. The molecule has 0 radical (unpaired) electrons. The summed E-state index contributed by atoms with van der Waals surface area (Å²) in [7, 11) is 0. The zero-order chi connectivity index (χ0) is 16.2. The van der Waals surface area contributed by atoms with Gasteiger partial charge in [0, 0.05) is 12.1 Å². The molecule has 1 aromatic heterocycles. The maximum Gasteiger partial charge on any atom is 0.224 e. The fourth-order valence-electron chi connectivity index (χ4n) is 2.43. The molecular formula is C18H20N4O. The predicted octanol–water partition coefficient (Wildman–Crippen LogP) is 3.86. The number of amides is 1. The summed E-state index contributed by atoms with van der Waals surface area (Å²) in [5.74, 6) is 0.0461. The van der Waals surface area contributed by atoms with Gasteiger partial charge in [0.25, 0.3) is 0 Å². The Morgan fingerprint density at radius 2 is 1.83 bits per heavy atom. The van der Waals surface area contributed by atoms with Gasteiger partial charge in [-0.1, -0.05) is 31.5 Å². The van der Waals surface area contributed by atoms with Crippen LogP contribution < -0.4 is 5.32 Å². The monoisotopic (exact) mass is 308 g/mol. The molecule has 1 N–H and O–H groups in total. The zero-order valence-electron chi connectivity index (χ0n) is 13.4. The summed E-state index contributed by atoms with van der Waals surface area (Å²) in [6.07, 6.45) is 2.46. The first-order valence-electron chi connectivity index (χ1n) is 7.90. The number of rotatable bonds is 5. The summed E-state index contributed by atoms with van der Waals surface area (Å²) < 4.78 is 0. The third-order valence-electron chi connectivity index (χ3n) is 3.75. The first kappa shape index (κ1) is 15.2. The number of fused-ring (bicyclic) bond motifs is 1. The molecule has 0 aliphatic carbocycles. The van der Waals surface area contributed by atoms with Crippen LogP contribution in [0.5, 0.6) is 0 Å². The Kier molecular flexibility index (Phi) is 4.37. The van der Waals surface area contributed by atoms with E-state index in [2.05, 4.69) is 22.4 Å². The number of hydrogen-bond donors (Lipinski definition) is 1. The van der Waals surface area contributed by atoms with Crippen LogP contribution in [0.4, 0.5) is 5.69 Å². The normalized spacial score (nSPS) is 10.9. The number of hydrogen-bond acceptors (Lipinski definition) is 3. The molecule has 3 rings (SSSR count). The SMILES string of the molecule is CCCCC(=O)Nc1cc2nn(-c3ccccc3)nc2cc1C. The molecule has 23 heavy (non-hydrogen) atoms. The highest BCUT2D eigenvalue weighted by Gasteiger charge is 2.10. The van der Waals surface area contributed by atoms with Crippen LogP contribution >= 0.6 is 0 Å². The van der Waals surface area contributed by atoms with Gasteiger partial charge in [-0.05, 0) is 43.2 Å². The second-order valence-corrected chi connectivity index (χ2v) is 5.63. The van der Waals surface area contributed by atoms with Crippen molar-refractivity contribution in [3.63, 3.8) is 0 Å². The molecule has 0 unspecified atom stereocenters. The average Bonchev–Trinajstić information content (AvgIpc) is 2.97. The molecule has 5 nitrogen and oxygen atoms in total. The van der Waals surface area contributed by atoms with E-state index >= 15 is 0 Å². The van der Waals surface area contributed by atoms with Crippen LogP contribution in [0.3, 0.4) is 0 Å². The summed E-state index contributed by atoms with van der Waals surface area (Å²) in [5.41, 5.74) is 4.29. The van der Waals surface area contributed by atoms with Gasteiger partial charge >= 0.3 is 0 Å². The van der Waals surface area contributed by atoms with E-state index in [4.69, 9.17) is 0 Å². The van der Waals surface area contributed by atoms with Crippen molar-refractivity contribution < 1.29 is 4.79 Å². The summed E-state index contributed by atoms with van der Waals surface area (Å²) in [5, 5.41) is 12.0. The van der Waals surface area contributed by atoms with Gasteiger partial charge in [-0.25, -0.2) is 0 Å². The van der Waals surface area contributed by atoms with Crippen molar-refractivity contribution in [1.29, 1.82) is 0 Å². The van der Waals surface area contributed by atoms with Crippen molar-refractivity contribution in [1.82, 2.24) is 15.0 Å². The Balaban J connectivity index is 1.90. The predicted molar refractivity (Wildman–Crippen MR) is 91.8 cm³/mol. The lowest BCUT2D eigenvalue weighted by Gasteiger charge is -2.07. The van der Waals surface area contributed by atoms with E-state index in [0.717, 1.165) is 40.8 Å². The Hall–Kier alpha value is -2.69. The standard InChI is InChI=1S/C18H20N4O/c1-3-4-10-18(23)19-15-12-17-16(11-13(15)2)20-22(21-17)14-8-6-5-7-9-14/h5-9,11-12H,3-4,10H2,1-2H3,(H,19,23). The Labute approximate surface area is 135 Å². The Bertz CT molecular complexity index is 824. The summed E-state index contributed by atoms with van der Waals surface area (Å²) in [6.45, 7) is 4.04. The van der Waals surface area contributed by atoms with E-state index in [0.29, 0.717) is 6.42 Å². The topological polar surface area (TPSA) is 59.8 Å². The molecule has 0 aliphatic heterocycles. The number of unbranched alkanes of at least 4 members (excludes halogenated alkanes) is 1. The second kappa shape index (κ2) is 6.60. The molecule has 118 valence electrons. The molecule has 2 aromatic carbocycles. The Morgan fingerprint density at radius 3 is 2.52 bits per heavy atom. The molecule has 0 saturated carbocycles. The van der Waals surface area contributed by atoms with E-state index in [1.807, 2.05) is 49.4 Å². The van der Waals surface area contributed by atoms with E-state index in [1.54, 1.807) is 4.80 Å². The number of nitrogens with zero attached hydrogens (tertiary/aromatic N) is 3. The quantitative estimate of drug-likeness (QED) is 0.778. The minimum absolute atomic E-state index is 0.0461. The largest absolute Gasteiger partial charge is 0.326 e. The molecule has 1 amide bonds. The van der Waals surface area contributed by atoms with E-state index in [-0.39, 0.29) is 5.91 Å². The van der Waals surface area contributed by atoms with Crippen molar-refractivity contribution in [3.8, 4) is 5.69 Å². The van der Waals surface area contributed by atoms with Crippen LogP contribution in [0.2, 0.25) is 0 Å². The van der Waals surface area contributed by atoms with Gasteiger partial charge in [-0.3, -0.25) is 4.79 Å². The van der Waals surface area contributed by atoms with Gasteiger partial charge in [0.05, 0.1) is 5.69 Å². The summed E-state index contributed by atoms with van der Waals surface area (Å²) in [6, 6.07) is 13.6. The van der Waals surface area contributed by atoms with E-state index in [9.17, 15) is 4.79 Å². The number of aryl methyl sites for hydroxylation is 1. The van der Waals surface area contributed by atoms with Crippen LogP contribution in [0.1, 0.15) is 31.7 Å². The number of benzene rings is 2. The van der Waals surface area contributed by atoms with Crippen molar-refractivity contribution in [2.45, 2.75) is 33.1 Å². The lowest BCUT2D eigenvalue weighted by molar-refractivity contribution is -0.116. The summed E-state index contributed by atoms with van der Waals surface area (Å²) >= 11 is 0. The smallest absolute Gasteiger partial charge is 0.224 e. The van der Waals surface area contributed by atoms with Crippen molar-refractivity contribution in [2.24, 2.45) is 0 Å². The van der Waals surface area contributed by atoms with Crippen molar-refractivity contribution in [3.05, 3.63) is 48.0 Å². The molecule has 0 atom stereocenters. The highest BCUT2D eigenvalue weighted by molar-refractivity contribution is 5.94. The van der Waals surface area contributed by atoms with Crippen LogP contribution in [0.25, 0.3) is 16.7 Å². The third-order valence-corrected chi connectivity index (χ3v) is 3.75. The second-order valence-electron chi connectivity index (χ2n) is 5.63. The number of carbonyl (C=O) groups is 1. The highest BCUT2D eigenvalue weighted by Crippen LogP contribution is 2.22. The fourth-order valence-corrected chi connectivity index (χ4v) is 2.43. The van der Waals surface area contributed by atoms with Crippen LogP contribution in [0.15, 0.2) is 42.5 Å². The van der Waals surface area contributed by atoms with Gasteiger partial charge in [0.1, 0.15) is 11.0 Å². The van der Waals surface area contributed by atoms with Crippen molar-refractivity contribution >= 4 is 22.6 Å². The first-order chi connectivity index (χ1) is 11.2.